The van der Waals surface area contributed by atoms with Crippen LogP contribution in [0.2, 0.25) is 0 Å². The van der Waals surface area contributed by atoms with Gasteiger partial charge >= 0.3 is 0 Å². The van der Waals surface area contributed by atoms with Crippen molar-refractivity contribution in [3.8, 4) is 0 Å². The molecule has 102 valence electrons. The SMILES string of the molecule is CC(C)CNS(=O)(=O)c1cc(CO)n(C2CC2)c1. The smallest absolute Gasteiger partial charge is 0.242 e. The van der Waals surface area contributed by atoms with Gasteiger partial charge in [0, 0.05) is 24.5 Å². The number of aliphatic hydroxyl groups excluding tert-OH is 1. The van der Waals surface area contributed by atoms with E-state index in [2.05, 4.69) is 4.72 Å². The molecule has 0 aromatic carbocycles. The maximum absolute atomic E-state index is 12.1. The first-order chi connectivity index (χ1) is 8.44. The predicted octanol–water partition coefficient (Wildman–Crippen LogP) is 1.25. The van der Waals surface area contributed by atoms with E-state index in [0.29, 0.717) is 18.3 Å². The Kier molecular flexibility index (Phi) is 3.79. The molecule has 0 aliphatic heterocycles. The van der Waals surface area contributed by atoms with E-state index in [1.54, 1.807) is 12.3 Å². The zero-order valence-electron chi connectivity index (χ0n) is 10.8. The van der Waals surface area contributed by atoms with Crippen molar-refractivity contribution >= 4 is 10.0 Å². The molecule has 6 heteroatoms. The molecule has 1 aromatic heterocycles. The molecule has 0 amide bonds. The molecule has 0 atom stereocenters. The number of aromatic nitrogens is 1. The van der Waals surface area contributed by atoms with Gasteiger partial charge in [-0.1, -0.05) is 13.8 Å². The molecule has 18 heavy (non-hydrogen) atoms. The average Bonchev–Trinajstić information content (AvgIpc) is 3.05. The second-order valence-electron chi connectivity index (χ2n) is 5.21. The fourth-order valence-electron chi connectivity index (χ4n) is 1.82. The van der Waals surface area contributed by atoms with Crippen LogP contribution in [0.25, 0.3) is 0 Å². The fraction of sp³-hybridized carbons (Fsp3) is 0.667. The van der Waals surface area contributed by atoms with E-state index in [0.717, 1.165) is 12.8 Å². The van der Waals surface area contributed by atoms with E-state index in [-0.39, 0.29) is 17.4 Å². The van der Waals surface area contributed by atoms with Gasteiger partial charge in [0.05, 0.1) is 11.5 Å². The van der Waals surface area contributed by atoms with E-state index >= 15 is 0 Å². The molecule has 1 heterocycles. The van der Waals surface area contributed by atoms with Gasteiger partial charge in [-0.05, 0) is 24.8 Å². The van der Waals surface area contributed by atoms with Crippen LogP contribution in [-0.2, 0) is 16.6 Å². The molecule has 0 bridgehead atoms. The molecular formula is C12H20N2O3S. The molecule has 1 aliphatic rings. The first-order valence-electron chi connectivity index (χ1n) is 6.25. The number of hydrogen-bond acceptors (Lipinski definition) is 3. The number of nitrogens with one attached hydrogen (secondary N) is 1. The number of hydrogen-bond donors (Lipinski definition) is 2. The summed E-state index contributed by atoms with van der Waals surface area (Å²) in [6.45, 7) is 4.20. The van der Waals surface area contributed by atoms with Crippen LogP contribution in [0.3, 0.4) is 0 Å². The van der Waals surface area contributed by atoms with Crippen molar-refractivity contribution in [1.29, 1.82) is 0 Å². The van der Waals surface area contributed by atoms with Crippen molar-refractivity contribution < 1.29 is 13.5 Å². The number of nitrogens with zero attached hydrogens (tertiary/aromatic N) is 1. The fourth-order valence-corrected chi connectivity index (χ4v) is 3.09. The molecule has 1 aliphatic carbocycles. The quantitative estimate of drug-likeness (QED) is 0.818. The zero-order chi connectivity index (χ0) is 13.3. The Morgan fingerprint density at radius 1 is 1.50 bits per heavy atom. The van der Waals surface area contributed by atoms with Gasteiger partial charge in [0.25, 0.3) is 0 Å². The number of sulfonamides is 1. The lowest BCUT2D eigenvalue weighted by Gasteiger charge is -2.07. The van der Waals surface area contributed by atoms with Gasteiger partial charge in [-0.2, -0.15) is 0 Å². The largest absolute Gasteiger partial charge is 0.390 e. The first kappa shape index (κ1) is 13.6. The molecule has 0 unspecified atom stereocenters. The van der Waals surface area contributed by atoms with E-state index in [4.69, 9.17) is 0 Å². The summed E-state index contributed by atoms with van der Waals surface area (Å²) in [5.74, 6) is 0.266. The molecule has 1 saturated carbocycles. The maximum atomic E-state index is 12.1. The summed E-state index contributed by atoms with van der Waals surface area (Å²) in [5.41, 5.74) is 0.669. The van der Waals surface area contributed by atoms with Gasteiger partial charge in [-0.3, -0.25) is 0 Å². The Morgan fingerprint density at radius 3 is 2.67 bits per heavy atom. The highest BCUT2D eigenvalue weighted by Crippen LogP contribution is 2.37. The standard InChI is InChI=1S/C12H20N2O3S/c1-9(2)6-13-18(16,17)12-5-11(8-15)14(7-12)10-3-4-10/h5,7,9-10,13,15H,3-4,6,8H2,1-2H3. The normalized spacial score (nSPS) is 16.4. The third kappa shape index (κ3) is 2.93. The molecular weight excluding hydrogens is 252 g/mol. The highest BCUT2D eigenvalue weighted by Gasteiger charge is 2.27. The van der Waals surface area contributed by atoms with Gasteiger partial charge in [0.2, 0.25) is 10.0 Å². The lowest BCUT2D eigenvalue weighted by atomic mass is 10.2. The summed E-state index contributed by atoms with van der Waals surface area (Å²) < 4.78 is 28.6. The molecule has 0 radical (unpaired) electrons. The molecule has 1 fully saturated rings. The average molecular weight is 272 g/mol. The Balaban J connectivity index is 2.22. The maximum Gasteiger partial charge on any atom is 0.242 e. The Bertz CT molecular complexity index is 515. The molecule has 0 saturated heterocycles. The molecule has 2 N–H and O–H groups in total. The van der Waals surface area contributed by atoms with Crippen LogP contribution in [0.5, 0.6) is 0 Å². The van der Waals surface area contributed by atoms with Crippen molar-refractivity contribution in [2.24, 2.45) is 5.92 Å². The van der Waals surface area contributed by atoms with Crippen LogP contribution >= 0.6 is 0 Å². The minimum Gasteiger partial charge on any atom is -0.390 e. The van der Waals surface area contributed by atoms with Gasteiger partial charge < -0.3 is 9.67 Å². The summed E-state index contributed by atoms with van der Waals surface area (Å²) in [6, 6.07) is 1.92. The third-order valence-corrected chi connectivity index (χ3v) is 4.39. The minimum atomic E-state index is -3.45. The van der Waals surface area contributed by atoms with Crippen molar-refractivity contribution in [2.75, 3.05) is 6.54 Å². The highest BCUT2D eigenvalue weighted by molar-refractivity contribution is 7.89. The summed E-state index contributed by atoms with van der Waals surface area (Å²) in [7, 11) is -3.45. The second-order valence-corrected chi connectivity index (χ2v) is 6.98. The van der Waals surface area contributed by atoms with Crippen LogP contribution in [0, 0.1) is 5.92 Å². The first-order valence-corrected chi connectivity index (χ1v) is 7.73. The Morgan fingerprint density at radius 2 is 2.17 bits per heavy atom. The lowest BCUT2D eigenvalue weighted by Crippen LogP contribution is -2.27. The van der Waals surface area contributed by atoms with Crippen LogP contribution in [0.1, 0.15) is 38.4 Å². The summed E-state index contributed by atoms with van der Waals surface area (Å²) in [4.78, 5) is 0.249. The van der Waals surface area contributed by atoms with Crippen LogP contribution in [-0.4, -0.2) is 24.6 Å². The van der Waals surface area contributed by atoms with Crippen LogP contribution in [0.15, 0.2) is 17.2 Å². The monoisotopic (exact) mass is 272 g/mol. The molecule has 2 rings (SSSR count). The third-order valence-electron chi connectivity index (χ3n) is 3.00. The van der Waals surface area contributed by atoms with Crippen molar-refractivity contribution in [2.45, 2.75) is 44.2 Å². The van der Waals surface area contributed by atoms with Gasteiger partial charge in [0.15, 0.2) is 0 Å². The van der Waals surface area contributed by atoms with E-state index < -0.39 is 10.0 Å². The summed E-state index contributed by atoms with van der Waals surface area (Å²) in [6.07, 6.45) is 3.74. The van der Waals surface area contributed by atoms with Gasteiger partial charge in [-0.15, -0.1) is 0 Å². The van der Waals surface area contributed by atoms with Crippen LogP contribution < -0.4 is 4.72 Å². The minimum absolute atomic E-state index is 0.129. The predicted molar refractivity (Wildman–Crippen MR) is 68.7 cm³/mol. The van der Waals surface area contributed by atoms with E-state index in [1.165, 1.54) is 0 Å². The van der Waals surface area contributed by atoms with E-state index in [1.807, 2.05) is 18.4 Å². The number of aliphatic hydroxyl groups is 1. The molecule has 5 nitrogen and oxygen atoms in total. The van der Waals surface area contributed by atoms with Gasteiger partial charge in [-0.25, -0.2) is 13.1 Å². The zero-order valence-corrected chi connectivity index (χ0v) is 11.6. The summed E-state index contributed by atoms with van der Waals surface area (Å²) >= 11 is 0. The molecule has 0 spiro atoms. The van der Waals surface area contributed by atoms with Crippen LogP contribution in [0.4, 0.5) is 0 Å². The Labute approximate surface area is 108 Å². The van der Waals surface area contributed by atoms with E-state index in [9.17, 15) is 13.5 Å². The molecule has 1 aromatic rings. The van der Waals surface area contributed by atoms with Crippen molar-refractivity contribution in [3.63, 3.8) is 0 Å². The summed E-state index contributed by atoms with van der Waals surface area (Å²) in [5, 5.41) is 9.26. The topological polar surface area (TPSA) is 71.3 Å². The second kappa shape index (κ2) is 5.03. The van der Waals surface area contributed by atoms with Crippen molar-refractivity contribution in [1.82, 2.24) is 9.29 Å². The number of rotatable bonds is 6. The van der Waals surface area contributed by atoms with Gasteiger partial charge in [0.1, 0.15) is 0 Å². The highest BCUT2D eigenvalue weighted by atomic mass is 32.2. The van der Waals surface area contributed by atoms with Crippen molar-refractivity contribution in [3.05, 3.63) is 18.0 Å². The Hall–Kier alpha value is -0.850. The lowest BCUT2D eigenvalue weighted by molar-refractivity contribution is 0.270.